The Kier molecular flexibility index (Phi) is 11.2. The quantitative estimate of drug-likeness (QED) is 0.145. The topological polar surface area (TPSA) is 13.1 Å². The summed E-state index contributed by atoms with van der Waals surface area (Å²) in [6.07, 6.45) is 0. The van der Waals surface area contributed by atoms with Gasteiger partial charge in [0.25, 0.3) is 0 Å². The summed E-state index contributed by atoms with van der Waals surface area (Å²) in [5, 5.41) is 17.6. The average Bonchev–Trinajstić information content (AvgIpc) is 1.12. The fourth-order valence-corrected chi connectivity index (χ4v) is 19.7. The molecule has 0 fully saturated rings. The molecular formula is C103H60O. The molecule has 20 aromatic rings. The Labute approximate surface area is 600 Å². The number of hydrogen-bond donors (Lipinski definition) is 0. The summed E-state index contributed by atoms with van der Waals surface area (Å²) in [5.74, 6) is 0. The second-order valence-electron chi connectivity index (χ2n) is 30.0. The van der Waals surface area contributed by atoms with Gasteiger partial charge in [0.15, 0.2) is 0 Å². The van der Waals surface area contributed by atoms with E-state index in [0.717, 1.165) is 33.1 Å². The van der Waals surface area contributed by atoms with Crippen molar-refractivity contribution in [2.24, 2.45) is 0 Å². The van der Waals surface area contributed by atoms with Gasteiger partial charge in [-0.05, 0) is 304 Å². The Balaban J connectivity index is 0.663. The first-order valence-electron chi connectivity index (χ1n) is 36.5. The smallest absolute Gasteiger partial charge is 0.135 e. The molecule has 0 spiro atoms. The van der Waals surface area contributed by atoms with Gasteiger partial charge in [0.2, 0.25) is 0 Å². The predicted octanol–water partition coefficient (Wildman–Crippen LogP) is 28.9. The van der Waals surface area contributed by atoms with Gasteiger partial charge in [0.05, 0.1) is 0 Å². The van der Waals surface area contributed by atoms with E-state index in [1.54, 1.807) is 0 Å². The molecule has 0 bridgehead atoms. The maximum Gasteiger partial charge on any atom is 0.135 e. The van der Waals surface area contributed by atoms with Gasteiger partial charge in [-0.3, -0.25) is 0 Å². The molecule has 24 rings (SSSR count). The summed E-state index contributed by atoms with van der Waals surface area (Å²) < 4.78 is 6.40. The highest BCUT2D eigenvalue weighted by Crippen LogP contribution is 2.57. The zero-order valence-corrected chi connectivity index (χ0v) is 57.1. The van der Waals surface area contributed by atoms with Gasteiger partial charge < -0.3 is 4.42 Å². The van der Waals surface area contributed by atoms with Gasteiger partial charge >= 0.3 is 0 Å². The van der Waals surface area contributed by atoms with Crippen LogP contribution in [0.1, 0.15) is 25.0 Å². The average molecular weight is 1310 g/mol. The van der Waals surface area contributed by atoms with Crippen molar-refractivity contribution in [3.63, 3.8) is 0 Å². The molecule has 104 heavy (non-hydrogen) atoms. The van der Waals surface area contributed by atoms with Gasteiger partial charge in [-0.1, -0.05) is 269 Å². The number of fused-ring (bicyclic) bond motifs is 15. The first-order chi connectivity index (χ1) is 51.3. The standard InChI is InChI=1S/C103H60O/c1-103(2)94-29-9-7-21-77(94)78-36-32-59(56-95(78)103)63-49-66(69-39-43-88-75-20-6-4-18-73(75)84-27-13-24-81(69)100(84)88)52-67(50-63)71-40-44-89-91(55-61-16-11-15-57-31-37-86(71)102(89)98(57)61)60-33-35-76-85-28-14-25-82-70(41-45-90(101(82)85)92(76)54-60)65-48-62(58-34-46-97-93(53-58)79-22-8-10-30-96(79)104-97)47-64(51-65)68-38-42-87-74-19-5-3-17-72(74)83-26-12-23-80(68)99(83)87/h3-56H,1-2H3. The highest BCUT2D eigenvalue weighted by molar-refractivity contribution is 6.30. The van der Waals surface area contributed by atoms with Crippen LogP contribution >= 0.6 is 0 Å². The first-order valence-corrected chi connectivity index (χ1v) is 36.5. The maximum atomic E-state index is 6.40. The zero-order chi connectivity index (χ0) is 67.9. The molecule has 4 aliphatic carbocycles. The van der Waals surface area contributed by atoms with Crippen LogP contribution in [0.15, 0.2) is 332 Å². The lowest BCUT2D eigenvalue weighted by atomic mass is 9.81. The van der Waals surface area contributed by atoms with Crippen molar-refractivity contribution < 1.29 is 4.42 Å². The minimum Gasteiger partial charge on any atom is -0.456 e. The molecule has 478 valence electrons. The molecule has 0 N–H and O–H groups in total. The lowest BCUT2D eigenvalue weighted by molar-refractivity contribution is 0.660. The molecule has 0 amide bonds. The van der Waals surface area contributed by atoms with E-state index in [1.807, 2.05) is 0 Å². The number of para-hydroxylation sites is 1. The fourth-order valence-electron chi connectivity index (χ4n) is 19.7. The summed E-state index contributed by atoms with van der Waals surface area (Å²) in [4.78, 5) is 0. The van der Waals surface area contributed by atoms with Crippen LogP contribution < -0.4 is 0 Å². The number of benzene rings is 19. The van der Waals surface area contributed by atoms with Crippen LogP contribution in [0.5, 0.6) is 0 Å². The summed E-state index contributed by atoms with van der Waals surface area (Å²) in [7, 11) is 0. The number of furan rings is 1. The van der Waals surface area contributed by atoms with Gasteiger partial charge in [-0.2, -0.15) is 0 Å². The monoisotopic (exact) mass is 1310 g/mol. The van der Waals surface area contributed by atoms with Crippen LogP contribution in [0.25, 0.3) is 242 Å². The lowest BCUT2D eigenvalue weighted by Crippen LogP contribution is -2.14. The van der Waals surface area contributed by atoms with Crippen molar-refractivity contribution >= 4 is 86.6 Å². The second-order valence-corrected chi connectivity index (χ2v) is 30.0. The van der Waals surface area contributed by atoms with Gasteiger partial charge in [0, 0.05) is 16.2 Å². The SMILES string of the molecule is CC1(C)c2ccccc2-c2ccc(-c3cc(-c4ccc5c6c(cccc46)-c4ccccc4-5)cc(-c4ccc5c(-c6ccc7c(c6)-c6ccc(-c8cc(-c9ccc%10oc%11ccccc%11c%10c9)cc(-c9ccc%10c%11c(cccc9%11)-c9ccccc9-%10)c8)c8cccc-7c68)cc6cccc7ccc4c5c76)c3)cc21. The van der Waals surface area contributed by atoms with Crippen LogP contribution in [0, 0.1) is 0 Å². The van der Waals surface area contributed by atoms with Crippen LogP contribution in [-0.4, -0.2) is 0 Å². The summed E-state index contributed by atoms with van der Waals surface area (Å²) >= 11 is 0. The second kappa shape index (κ2) is 20.5. The lowest BCUT2D eigenvalue weighted by Gasteiger charge is -2.22. The van der Waals surface area contributed by atoms with E-state index in [0.29, 0.717) is 0 Å². The summed E-state index contributed by atoms with van der Waals surface area (Å²) in [6.45, 7) is 4.78. The van der Waals surface area contributed by atoms with Gasteiger partial charge in [0.1, 0.15) is 11.2 Å². The van der Waals surface area contributed by atoms with E-state index < -0.39 is 0 Å². The normalized spacial score (nSPS) is 13.2. The minimum absolute atomic E-state index is 0.137. The highest BCUT2D eigenvalue weighted by Gasteiger charge is 2.36. The zero-order valence-electron chi connectivity index (χ0n) is 57.1. The van der Waals surface area contributed by atoms with E-state index >= 15 is 0 Å². The van der Waals surface area contributed by atoms with Crippen molar-refractivity contribution in [3.05, 3.63) is 339 Å². The van der Waals surface area contributed by atoms with Crippen molar-refractivity contribution in [1.82, 2.24) is 0 Å². The third kappa shape index (κ3) is 7.67. The van der Waals surface area contributed by atoms with Crippen molar-refractivity contribution in [1.29, 1.82) is 0 Å². The Hall–Kier alpha value is -13.2. The maximum absolute atomic E-state index is 6.40. The van der Waals surface area contributed by atoms with Crippen molar-refractivity contribution in [3.8, 4) is 156 Å². The highest BCUT2D eigenvalue weighted by atomic mass is 16.3. The molecule has 19 aromatic carbocycles. The Morgan fingerprint density at radius 1 is 0.173 bits per heavy atom. The predicted molar refractivity (Wildman–Crippen MR) is 439 cm³/mol. The van der Waals surface area contributed by atoms with E-state index in [1.165, 1.54) is 220 Å². The molecule has 0 saturated carbocycles. The molecule has 0 saturated heterocycles. The van der Waals surface area contributed by atoms with E-state index in [2.05, 4.69) is 341 Å². The summed E-state index contributed by atoms with van der Waals surface area (Å²) in [6, 6.07) is 125. The number of rotatable bonds is 7. The Morgan fingerprint density at radius 2 is 0.558 bits per heavy atom. The van der Waals surface area contributed by atoms with Crippen LogP contribution in [0.4, 0.5) is 0 Å². The minimum atomic E-state index is -0.137. The molecule has 4 aliphatic rings. The molecule has 1 nitrogen and oxygen atoms in total. The molecular weight excluding hydrogens is 1250 g/mol. The van der Waals surface area contributed by atoms with Gasteiger partial charge in [-0.15, -0.1) is 0 Å². The van der Waals surface area contributed by atoms with E-state index in [-0.39, 0.29) is 5.41 Å². The van der Waals surface area contributed by atoms with Crippen LogP contribution in [-0.2, 0) is 5.41 Å². The molecule has 0 atom stereocenters. The van der Waals surface area contributed by atoms with Crippen LogP contribution in [0.2, 0.25) is 0 Å². The third-order valence-corrected chi connectivity index (χ3v) is 24.4. The number of hydrogen-bond acceptors (Lipinski definition) is 1. The Bertz CT molecular complexity index is 7250. The fraction of sp³-hybridized carbons (Fsp3) is 0.0291. The first kappa shape index (κ1) is 56.5. The van der Waals surface area contributed by atoms with Crippen LogP contribution in [0.3, 0.4) is 0 Å². The van der Waals surface area contributed by atoms with Crippen molar-refractivity contribution in [2.45, 2.75) is 19.3 Å². The molecule has 1 aromatic heterocycles. The third-order valence-electron chi connectivity index (χ3n) is 24.4. The molecule has 0 aliphatic heterocycles. The van der Waals surface area contributed by atoms with Gasteiger partial charge in [-0.25, -0.2) is 0 Å². The van der Waals surface area contributed by atoms with Crippen molar-refractivity contribution in [2.75, 3.05) is 0 Å². The largest absolute Gasteiger partial charge is 0.456 e. The van der Waals surface area contributed by atoms with E-state index in [4.69, 9.17) is 4.42 Å². The Morgan fingerprint density at radius 3 is 1.17 bits per heavy atom. The van der Waals surface area contributed by atoms with E-state index in [9.17, 15) is 0 Å². The molecule has 0 unspecified atom stereocenters. The molecule has 1 heterocycles. The summed E-state index contributed by atoms with van der Waals surface area (Å²) in [5.41, 5.74) is 39.6. The molecule has 1 heteroatoms. The molecule has 0 radical (unpaired) electrons.